The lowest BCUT2D eigenvalue weighted by Gasteiger charge is -2.22. The molecular weight excluding hydrogens is 731 g/mol. The topological polar surface area (TPSA) is 95.9 Å². The first-order valence-corrected chi connectivity index (χ1v) is 26.1. The highest BCUT2D eigenvalue weighted by atomic mass is 16.5. The SMILES string of the molecule is CCCCCCCC/C=C\CCCCCCCCCC(=O)OCCCCCC/C=C\CCCCCCCCCC(=O)NC(CO)C(O)CCCCCCCCCCCC. The van der Waals surface area contributed by atoms with Crippen LogP contribution in [0.2, 0.25) is 0 Å². The van der Waals surface area contributed by atoms with Gasteiger partial charge in [-0.1, -0.05) is 212 Å². The Balaban J connectivity index is 3.45. The van der Waals surface area contributed by atoms with Crippen LogP contribution in [0.4, 0.5) is 0 Å². The molecule has 0 radical (unpaired) electrons. The Bertz CT molecular complexity index is 920. The van der Waals surface area contributed by atoms with Gasteiger partial charge in [0.15, 0.2) is 0 Å². The minimum atomic E-state index is -0.672. The second-order valence-electron chi connectivity index (χ2n) is 17.8. The summed E-state index contributed by atoms with van der Waals surface area (Å²) in [6, 6.07) is -0.551. The molecule has 0 aromatic carbocycles. The minimum Gasteiger partial charge on any atom is -0.466 e. The Labute approximate surface area is 367 Å². The summed E-state index contributed by atoms with van der Waals surface area (Å²) >= 11 is 0. The fourth-order valence-corrected chi connectivity index (χ4v) is 7.92. The highest BCUT2D eigenvalue weighted by Gasteiger charge is 2.20. The number of ether oxygens (including phenoxy) is 1. The van der Waals surface area contributed by atoms with Gasteiger partial charge in [-0.3, -0.25) is 9.59 Å². The number of aliphatic hydroxyl groups excluding tert-OH is 2. The number of carbonyl (C=O) groups excluding carboxylic acids is 2. The number of hydrogen-bond acceptors (Lipinski definition) is 5. The van der Waals surface area contributed by atoms with E-state index < -0.39 is 12.1 Å². The van der Waals surface area contributed by atoms with Crippen molar-refractivity contribution in [2.45, 2.75) is 289 Å². The van der Waals surface area contributed by atoms with E-state index in [0.29, 0.717) is 25.9 Å². The van der Waals surface area contributed by atoms with Crippen molar-refractivity contribution >= 4 is 11.9 Å². The quantitative estimate of drug-likeness (QED) is 0.0322. The standard InChI is InChI=1S/C53H101NO5/c1-3-5-7-9-11-13-15-16-17-18-21-24-27-31-35-39-43-47-53(58)59-48-44-40-36-32-28-25-22-19-20-23-26-30-34-38-42-46-52(57)54-50(49-55)51(56)45-41-37-33-29-14-12-10-8-6-4-2/h16-17,22,25,50-51,55-56H,3-15,18-21,23-24,26-49H2,1-2H3,(H,54,57)/b17-16-,25-22-. The summed E-state index contributed by atoms with van der Waals surface area (Å²) in [4.78, 5) is 24.4. The molecule has 0 aliphatic heterocycles. The number of aliphatic hydroxyl groups is 2. The van der Waals surface area contributed by atoms with E-state index in [1.165, 1.54) is 173 Å². The molecular formula is C53H101NO5. The average molecular weight is 832 g/mol. The smallest absolute Gasteiger partial charge is 0.305 e. The van der Waals surface area contributed by atoms with Crippen LogP contribution in [-0.2, 0) is 14.3 Å². The molecule has 1 amide bonds. The second kappa shape index (κ2) is 49.0. The van der Waals surface area contributed by atoms with E-state index in [1.807, 2.05) is 0 Å². The van der Waals surface area contributed by atoms with Gasteiger partial charge in [0.25, 0.3) is 0 Å². The number of amides is 1. The monoisotopic (exact) mass is 832 g/mol. The molecule has 6 nitrogen and oxygen atoms in total. The third-order valence-electron chi connectivity index (χ3n) is 12.0. The van der Waals surface area contributed by atoms with Crippen LogP contribution in [0.1, 0.15) is 277 Å². The summed E-state index contributed by atoms with van der Waals surface area (Å²) in [5, 5.41) is 23.1. The highest BCUT2D eigenvalue weighted by Crippen LogP contribution is 2.15. The third-order valence-corrected chi connectivity index (χ3v) is 12.0. The molecule has 0 aromatic rings. The Morgan fingerprint density at radius 1 is 0.458 bits per heavy atom. The van der Waals surface area contributed by atoms with Gasteiger partial charge in [-0.15, -0.1) is 0 Å². The fourth-order valence-electron chi connectivity index (χ4n) is 7.92. The van der Waals surface area contributed by atoms with E-state index in [-0.39, 0.29) is 18.5 Å². The molecule has 0 aromatic heterocycles. The normalized spacial score (nSPS) is 12.8. The van der Waals surface area contributed by atoms with Gasteiger partial charge in [0, 0.05) is 12.8 Å². The summed E-state index contributed by atoms with van der Waals surface area (Å²) in [7, 11) is 0. The number of nitrogens with one attached hydrogen (secondary N) is 1. The van der Waals surface area contributed by atoms with Gasteiger partial charge in [-0.2, -0.15) is 0 Å². The molecule has 0 aliphatic carbocycles. The van der Waals surface area contributed by atoms with E-state index in [4.69, 9.17) is 4.74 Å². The van der Waals surface area contributed by atoms with E-state index in [2.05, 4.69) is 43.5 Å². The van der Waals surface area contributed by atoms with Crippen LogP contribution in [0.25, 0.3) is 0 Å². The zero-order valence-corrected chi connectivity index (χ0v) is 39.5. The van der Waals surface area contributed by atoms with E-state index >= 15 is 0 Å². The van der Waals surface area contributed by atoms with E-state index in [9.17, 15) is 19.8 Å². The first-order valence-electron chi connectivity index (χ1n) is 26.1. The first-order chi connectivity index (χ1) is 29.0. The lowest BCUT2D eigenvalue weighted by molar-refractivity contribution is -0.143. The second-order valence-corrected chi connectivity index (χ2v) is 17.8. The molecule has 0 rings (SSSR count). The molecule has 0 heterocycles. The van der Waals surface area contributed by atoms with Crippen molar-refractivity contribution < 1.29 is 24.5 Å². The Morgan fingerprint density at radius 2 is 0.797 bits per heavy atom. The zero-order chi connectivity index (χ0) is 43.0. The van der Waals surface area contributed by atoms with Crippen LogP contribution >= 0.6 is 0 Å². The van der Waals surface area contributed by atoms with Crippen molar-refractivity contribution in [1.29, 1.82) is 0 Å². The predicted octanol–water partition coefficient (Wildman–Crippen LogP) is 15.5. The third kappa shape index (κ3) is 45.7. The van der Waals surface area contributed by atoms with Crippen molar-refractivity contribution in [3.05, 3.63) is 24.3 Å². The average Bonchev–Trinajstić information content (AvgIpc) is 3.24. The van der Waals surface area contributed by atoms with Gasteiger partial charge in [0.2, 0.25) is 5.91 Å². The van der Waals surface area contributed by atoms with Gasteiger partial charge >= 0.3 is 5.97 Å². The number of carbonyl (C=O) groups is 2. The number of unbranched alkanes of at least 4 members (excludes halogenated alkanes) is 33. The van der Waals surface area contributed by atoms with Crippen LogP contribution < -0.4 is 5.32 Å². The summed E-state index contributed by atoms with van der Waals surface area (Å²) < 4.78 is 5.46. The molecule has 59 heavy (non-hydrogen) atoms. The fraction of sp³-hybridized carbons (Fsp3) is 0.887. The van der Waals surface area contributed by atoms with Crippen LogP contribution in [0.15, 0.2) is 24.3 Å². The molecule has 2 atom stereocenters. The molecule has 0 aliphatic rings. The number of esters is 1. The van der Waals surface area contributed by atoms with Crippen LogP contribution in [0.3, 0.4) is 0 Å². The molecule has 0 saturated heterocycles. The molecule has 0 spiro atoms. The predicted molar refractivity (Wildman–Crippen MR) is 255 cm³/mol. The molecule has 0 saturated carbocycles. The van der Waals surface area contributed by atoms with Gasteiger partial charge in [-0.05, 0) is 77.0 Å². The van der Waals surface area contributed by atoms with Gasteiger partial charge in [0.1, 0.15) is 0 Å². The van der Waals surface area contributed by atoms with Gasteiger partial charge in [-0.25, -0.2) is 0 Å². The highest BCUT2D eigenvalue weighted by molar-refractivity contribution is 5.76. The lowest BCUT2D eigenvalue weighted by Crippen LogP contribution is -2.45. The maximum atomic E-state index is 12.4. The Morgan fingerprint density at radius 3 is 1.20 bits per heavy atom. The molecule has 2 unspecified atom stereocenters. The van der Waals surface area contributed by atoms with E-state index in [0.717, 1.165) is 70.6 Å². The Kier molecular flexibility index (Phi) is 47.6. The maximum Gasteiger partial charge on any atom is 0.305 e. The number of hydrogen-bond donors (Lipinski definition) is 3. The lowest BCUT2D eigenvalue weighted by atomic mass is 10.0. The van der Waals surface area contributed by atoms with Crippen molar-refractivity contribution in [2.75, 3.05) is 13.2 Å². The van der Waals surface area contributed by atoms with Crippen molar-refractivity contribution in [1.82, 2.24) is 5.32 Å². The molecule has 3 N–H and O–H groups in total. The summed E-state index contributed by atoms with van der Waals surface area (Å²) in [6.07, 6.45) is 57.2. The summed E-state index contributed by atoms with van der Waals surface area (Å²) in [6.45, 7) is 4.89. The number of allylic oxidation sites excluding steroid dienone is 4. The van der Waals surface area contributed by atoms with Crippen molar-refractivity contribution in [3.63, 3.8) is 0 Å². The molecule has 0 bridgehead atoms. The summed E-state index contributed by atoms with van der Waals surface area (Å²) in [5.74, 6) is -0.0661. The summed E-state index contributed by atoms with van der Waals surface area (Å²) in [5.41, 5.74) is 0. The Hall–Kier alpha value is -1.66. The first kappa shape index (κ1) is 57.3. The molecule has 348 valence electrons. The van der Waals surface area contributed by atoms with Gasteiger partial charge < -0.3 is 20.3 Å². The number of rotatable bonds is 48. The van der Waals surface area contributed by atoms with Crippen molar-refractivity contribution in [2.24, 2.45) is 0 Å². The van der Waals surface area contributed by atoms with E-state index in [1.54, 1.807) is 0 Å². The minimum absolute atomic E-state index is 0.0138. The largest absolute Gasteiger partial charge is 0.466 e. The van der Waals surface area contributed by atoms with Gasteiger partial charge in [0.05, 0.1) is 25.4 Å². The molecule has 6 heteroatoms. The van der Waals surface area contributed by atoms with Crippen LogP contribution in [0.5, 0.6) is 0 Å². The van der Waals surface area contributed by atoms with Crippen LogP contribution in [-0.4, -0.2) is 47.4 Å². The molecule has 0 fully saturated rings. The van der Waals surface area contributed by atoms with Crippen LogP contribution in [0, 0.1) is 0 Å². The maximum absolute atomic E-state index is 12.4. The zero-order valence-electron chi connectivity index (χ0n) is 39.5. The van der Waals surface area contributed by atoms with Crippen molar-refractivity contribution in [3.8, 4) is 0 Å².